The van der Waals surface area contributed by atoms with Crippen LogP contribution in [0.3, 0.4) is 0 Å². The maximum atomic E-state index is 10.1. The SMILES string of the molecule is COc1cc(Br)cc(OCc2ccccc2)c1O[C@H](CO)CO[Si](C(C)C)(C(C)C)C(C)C. The van der Waals surface area contributed by atoms with Gasteiger partial charge in [0.2, 0.25) is 14.1 Å². The van der Waals surface area contributed by atoms with Gasteiger partial charge in [0.05, 0.1) is 20.3 Å². The molecule has 0 unspecified atom stereocenters. The van der Waals surface area contributed by atoms with Gasteiger partial charge in [-0.2, -0.15) is 0 Å². The Morgan fingerprint density at radius 1 is 0.909 bits per heavy atom. The van der Waals surface area contributed by atoms with E-state index < -0.39 is 14.4 Å². The summed E-state index contributed by atoms with van der Waals surface area (Å²) in [4.78, 5) is 0. The van der Waals surface area contributed by atoms with E-state index in [0.717, 1.165) is 10.0 Å². The van der Waals surface area contributed by atoms with E-state index in [1.54, 1.807) is 7.11 Å². The molecule has 0 aliphatic rings. The Hall–Kier alpha value is -1.54. The Bertz CT molecular complexity index is 835. The van der Waals surface area contributed by atoms with Crippen LogP contribution >= 0.6 is 15.9 Å². The van der Waals surface area contributed by atoms with Crippen LogP contribution in [-0.2, 0) is 11.0 Å². The van der Waals surface area contributed by atoms with Gasteiger partial charge in [0.15, 0.2) is 11.5 Å². The van der Waals surface area contributed by atoms with Gasteiger partial charge in [-0.15, -0.1) is 0 Å². The molecule has 2 rings (SSSR count). The Morgan fingerprint density at radius 3 is 2.00 bits per heavy atom. The number of ether oxygens (including phenoxy) is 3. The first kappa shape index (κ1) is 27.7. The van der Waals surface area contributed by atoms with Gasteiger partial charge in [0, 0.05) is 4.47 Å². The van der Waals surface area contributed by atoms with Crippen molar-refractivity contribution in [1.29, 1.82) is 0 Å². The number of hydrogen-bond acceptors (Lipinski definition) is 5. The highest BCUT2D eigenvalue weighted by molar-refractivity contribution is 9.10. The number of rotatable bonds is 13. The Morgan fingerprint density at radius 2 is 1.48 bits per heavy atom. The van der Waals surface area contributed by atoms with Crippen molar-refractivity contribution in [2.75, 3.05) is 20.3 Å². The highest BCUT2D eigenvalue weighted by atomic mass is 79.9. The zero-order chi connectivity index (χ0) is 24.6. The monoisotopic (exact) mass is 538 g/mol. The minimum atomic E-state index is -2.09. The fourth-order valence-electron chi connectivity index (χ4n) is 4.68. The molecule has 0 fully saturated rings. The van der Waals surface area contributed by atoms with Crippen molar-refractivity contribution in [2.45, 2.75) is 70.9 Å². The molecule has 5 nitrogen and oxygen atoms in total. The first-order chi connectivity index (χ1) is 15.6. The molecule has 2 aromatic carbocycles. The van der Waals surface area contributed by atoms with Gasteiger partial charge >= 0.3 is 0 Å². The smallest absolute Gasteiger partial charge is 0.204 e. The van der Waals surface area contributed by atoms with Crippen molar-refractivity contribution in [3.05, 3.63) is 52.5 Å². The summed E-state index contributed by atoms with van der Waals surface area (Å²) in [5, 5.41) is 10.1. The van der Waals surface area contributed by atoms with Crippen LogP contribution in [0.1, 0.15) is 47.1 Å². The number of hydrogen-bond donors (Lipinski definition) is 1. The molecule has 0 saturated carbocycles. The minimum Gasteiger partial charge on any atom is -0.493 e. The number of aliphatic hydroxyl groups is 1. The number of methoxy groups -OCH3 is 1. The molecule has 2 aromatic rings. The molecule has 184 valence electrons. The van der Waals surface area contributed by atoms with E-state index >= 15 is 0 Å². The molecule has 0 spiro atoms. The van der Waals surface area contributed by atoms with Crippen molar-refractivity contribution in [2.24, 2.45) is 0 Å². The topological polar surface area (TPSA) is 57.2 Å². The summed E-state index contributed by atoms with van der Waals surface area (Å²) in [6.45, 7) is 14.0. The fraction of sp³-hybridized carbons (Fsp3) is 0.538. The van der Waals surface area contributed by atoms with E-state index in [1.165, 1.54) is 0 Å². The van der Waals surface area contributed by atoms with Gasteiger partial charge in [-0.3, -0.25) is 0 Å². The van der Waals surface area contributed by atoms with E-state index in [4.69, 9.17) is 18.6 Å². The van der Waals surface area contributed by atoms with Crippen LogP contribution < -0.4 is 14.2 Å². The van der Waals surface area contributed by atoms with Crippen molar-refractivity contribution in [1.82, 2.24) is 0 Å². The molecule has 0 saturated heterocycles. The lowest BCUT2D eigenvalue weighted by Gasteiger charge is -2.42. The van der Waals surface area contributed by atoms with Gasteiger partial charge in [0.25, 0.3) is 0 Å². The normalized spacial score (nSPS) is 13.0. The predicted molar refractivity (Wildman–Crippen MR) is 140 cm³/mol. The Balaban J connectivity index is 2.27. The molecular formula is C26H39BrO5Si. The number of halogens is 1. The average molecular weight is 540 g/mol. The highest BCUT2D eigenvalue weighted by Gasteiger charge is 2.45. The van der Waals surface area contributed by atoms with Crippen LogP contribution in [-0.4, -0.2) is 39.9 Å². The van der Waals surface area contributed by atoms with Crippen LogP contribution in [0.4, 0.5) is 0 Å². The van der Waals surface area contributed by atoms with Crippen LogP contribution in [0.5, 0.6) is 17.2 Å². The number of benzene rings is 2. The summed E-state index contributed by atoms with van der Waals surface area (Å²) in [7, 11) is -0.497. The second kappa shape index (κ2) is 12.8. The molecule has 1 atom stereocenters. The van der Waals surface area contributed by atoms with Crippen molar-refractivity contribution < 1.29 is 23.7 Å². The summed E-state index contributed by atoms with van der Waals surface area (Å²) in [6, 6.07) is 13.6. The quantitative estimate of drug-likeness (QED) is 0.279. The minimum absolute atomic E-state index is 0.171. The van der Waals surface area contributed by atoms with E-state index in [2.05, 4.69) is 57.5 Å². The van der Waals surface area contributed by atoms with Gasteiger partial charge in [-0.25, -0.2) is 0 Å². The van der Waals surface area contributed by atoms with Gasteiger partial charge in [-0.05, 0) is 34.3 Å². The molecule has 7 heteroatoms. The summed E-state index contributed by atoms with van der Waals surface area (Å²) in [5.41, 5.74) is 2.39. The third kappa shape index (κ3) is 6.98. The second-order valence-electron chi connectivity index (χ2n) is 9.26. The third-order valence-corrected chi connectivity index (χ3v) is 12.7. The van der Waals surface area contributed by atoms with Gasteiger partial charge in [-0.1, -0.05) is 87.8 Å². The Labute approximate surface area is 208 Å². The van der Waals surface area contributed by atoms with Gasteiger partial charge in [0.1, 0.15) is 12.7 Å². The third-order valence-electron chi connectivity index (χ3n) is 6.16. The molecule has 0 aromatic heterocycles. The lowest BCUT2D eigenvalue weighted by molar-refractivity contribution is 0.0602. The van der Waals surface area contributed by atoms with Crippen LogP contribution in [0.25, 0.3) is 0 Å². The maximum Gasteiger partial charge on any atom is 0.204 e. The Kier molecular flexibility index (Phi) is 10.7. The van der Waals surface area contributed by atoms with Crippen LogP contribution in [0, 0.1) is 0 Å². The largest absolute Gasteiger partial charge is 0.493 e. The molecule has 0 aliphatic heterocycles. The van der Waals surface area contributed by atoms with E-state index in [9.17, 15) is 5.11 Å². The lowest BCUT2D eigenvalue weighted by Crippen LogP contribution is -2.49. The van der Waals surface area contributed by atoms with E-state index in [1.807, 2.05) is 42.5 Å². The highest BCUT2D eigenvalue weighted by Crippen LogP contribution is 2.44. The molecule has 0 aliphatic carbocycles. The fourth-order valence-corrected chi connectivity index (χ4v) is 10.6. The zero-order valence-corrected chi connectivity index (χ0v) is 23.5. The first-order valence-electron chi connectivity index (χ1n) is 11.6. The molecule has 0 radical (unpaired) electrons. The molecule has 33 heavy (non-hydrogen) atoms. The maximum absolute atomic E-state index is 10.1. The summed E-state index contributed by atoms with van der Waals surface area (Å²) >= 11 is 3.52. The predicted octanol–water partition coefficient (Wildman–Crippen LogP) is 6.97. The zero-order valence-electron chi connectivity index (χ0n) is 20.9. The summed E-state index contributed by atoms with van der Waals surface area (Å²) < 4.78 is 25.4. The van der Waals surface area contributed by atoms with Crippen molar-refractivity contribution in [3.63, 3.8) is 0 Å². The van der Waals surface area contributed by atoms with Crippen LogP contribution in [0.15, 0.2) is 46.9 Å². The van der Waals surface area contributed by atoms with Gasteiger partial charge < -0.3 is 23.7 Å². The second-order valence-corrected chi connectivity index (χ2v) is 15.6. The molecule has 0 heterocycles. The summed E-state index contributed by atoms with van der Waals surface area (Å²) in [5.74, 6) is 1.54. The first-order valence-corrected chi connectivity index (χ1v) is 14.5. The molecule has 0 amide bonds. The molecular weight excluding hydrogens is 500 g/mol. The van der Waals surface area contributed by atoms with E-state index in [-0.39, 0.29) is 6.61 Å². The standard InChI is InChI=1S/C26H39BrO5Si/c1-18(2)33(19(3)4,20(5)6)31-17-23(15-28)32-26-24(29-7)13-22(27)14-25(26)30-16-21-11-9-8-10-12-21/h8-14,18-20,23,28H,15-17H2,1-7H3/t23-/m1/s1. The van der Waals surface area contributed by atoms with Crippen molar-refractivity contribution >= 4 is 24.2 Å². The molecule has 0 bridgehead atoms. The van der Waals surface area contributed by atoms with E-state index in [0.29, 0.717) is 47.1 Å². The van der Waals surface area contributed by atoms with Crippen LogP contribution in [0.2, 0.25) is 16.6 Å². The average Bonchev–Trinajstić information content (AvgIpc) is 2.77. The molecule has 1 N–H and O–H groups in total. The lowest BCUT2D eigenvalue weighted by atomic mass is 10.2. The van der Waals surface area contributed by atoms with Crippen molar-refractivity contribution in [3.8, 4) is 17.2 Å². The summed E-state index contributed by atoms with van der Waals surface area (Å²) in [6.07, 6.45) is -0.540. The number of aliphatic hydroxyl groups excluding tert-OH is 1.